The maximum absolute atomic E-state index is 13.0. The van der Waals surface area contributed by atoms with Crippen LogP contribution in [0.15, 0.2) is 41.3 Å². The molecule has 0 bridgehead atoms. The molecule has 4 rings (SSSR count). The van der Waals surface area contributed by atoms with Crippen LogP contribution in [0.2, 0.25) is 15.2 Å². The van der Waals surface area contributed by atoms with E-state index in [1.807, 2.05) is 25.3 Å². The van der Waals surface area contributed by atoms with Crippen molar-refractivity contribution in [3.63, 3.8) is 0 Å². The second-order valence-corrected chi connectivity index (χ2v) is 8.01. The normalized spacial score (nSPS) is 11.4. The van der Waals surface area contributed by atoms with Crippen molar-refractivity contribution in [1.29, 1.82) is 0 Å². The molecule has 0 aliphatic carbocycles. The van der Waals surface area contributed by atoms with Gasteiger partial charge in [0.05, 0.1) is 12.1 Å². The molecule has 0 amide bonds. The maximum atomic E-state index is 13.0. The van der Waals surface area contributed by atoms with E-state index >= 15 is 0 Å². The van der Waals surface area contributed by atoms with Crippen molar-refractivity contribution in [3.05, 3.63) is 79.3 Å². The molecule has 0 aliphatic heterocycles. The molecule has 1 N–H and O–H groups in total. The van der Waals surface area contributed by atoms with Crippen LogP contribution in [-0.4, -0.2) is 24.1 Å². The summed E-state index contributed by atoms with van der Waals surface area (Å²) in [5.41, 5.74) is 3.03. The number of hydrogen-bond acceptors (Lipinski definition) is 3. The van der Waals surface area contributed by atoms with Crippen molar-refractivity contribution < 1.29 is 0 Å². The van der Waals surface area contributed by atoms with Gasteiger partial charge in [0.25, 0.3) is 0 Å². The van der Waals surface area contributed by atoms with Gasteiger partial charge < -0.3 is 4.98 Å². The largest absolute Gasteiger partial charge is 0.339 e. The molecule has 0 spiro atoms. The van der Waals surface area contributed by atoms with Crippen LogP contribution in [0.4, 0.5) is 0 Å². The van der Waals surface area contributed by atoms with Gasteiger partial charge in [-0.3, -0.25) is 9.13 Å². The van der Waals surface area contributed by atoms with E-state index in [1.54, 1.807) is 27.3 Å². The number of nitrogens with one attached hydrogen (secondary N) is 1. The Morgan fingerprint density at radius 1 is 1.10 bits per heavy atom. The summed E-state index contributed by atoms with van der Waals surface area (Å²) in [5, 5.41) is 1.55. The molecule has 0 radical (unpaired) electrons. The van der Waals surface area contributed by atoms with Crippen molar-refractivity contribution in [2.45, 2.75) is 32.9 Å². The Bertz CT molecular complexity index is 1240. The van der Waals surface area contributed by atoms with Crippen LogP contribution in [0.25, 0.3) is 11.2 Å². The first-order valence-corrected chi connectivity index (χ1v) is 10.3. The van der Waals surface area contributed by atoms with Crippen LogP contribution in [0, 0.1) is 0 Å². The lowest BCUT2D eigenvalue weighted by atomic mass is 10.1. The molecule has 3 heterocycles. The van der Waals surface area contributed by atoms with Crippen molar-refractivity contribution in [1.82, 2.24) is 24.1 Å². The SMILES string of the molecule is CCCn1c(Cc2ccc(Cl)cc2Cl)cn(Cc2nc3nc(Cl)ccc3[nH]2)c1=O. The fourth-order valence-electron chi connectivity index (χ4n) is 3.32. The standard InChI is InChI=1S/C20H18Cl3N5O/c1-2-7-28-14(8-12-3-4-13(21)9-15(12)22)10-27(20(28)29)11-18-24-16-5-6-17(23)25-19(16)26-18/h3-6,9-10H,2,7-8,11H2,1H3,(H,24,25,26). The molecule has 0 atom stereocenters. The molecular weight excluding hydrogens is 433 g/mol. The summed E-state index contributed by atoms with van der Waals surface area (Å²) in [6.07, 6.45) is 3.24. The van der Waals surface area contributed by atoms with Gasteiger partial charge in [-0.15, -0.1) is 0 Å². The summed E-state index contributed by atoms with van der Waals surface area (Å²) in [4.78, 5) is 24.8. The minimum atomic E-state index is -0.0848. The molecule has 0 saturated heterocycles. The highest BCUT2D eigenvalue weighted by atomic mass is 35.5. The molecular formula is C20H18Cl3N5O. The fourth-order valence-corrected chi connectivity index (χ4v) is 3.93. The van der Waals surface area contributed by atoms with Gasteiger partial charge in [0.2, 0.25) is 0 Å². The molecule has 3 aromatic heterocycles. The number of benzene rings is 1. The average Bonchev–Trinajstić information content (AvgIpc) is 3.19. The Kier molecular flexibility index (Phi) is 5.67. The van der Waals surface area contributed by atoms with Crippen LogP contribution < -0.4 is 5.69 Å². The zero-order chi connectivity index (χ0) is 20.5. The Labute approximate surface area is 182 Å². The van der Waals surface area contributed by atoms with Gasteiger partial charge in [-0.05, 0) is 36.2 Å². The van der Waals surface area contributed by atoms with E-state index in [0.717, 1.165) is 23.2 Å². The number of rotatable bonds is 6. The first kappa shape index (κ1) is 20.0. The van der Waals surface area contributed by atoms with Crippen molar-refractivity contribution in [2.75, 3.05) is 0 Å². The van der Waals surface area contributed by atoms with Crippen LogP contribution >= 0.6 is 34.8 Å². The number of hydrogen-bond donors (Lipinski definition) is 1. The number of H-pyrrole nitrogens is 1. The van der Waals surface area contributed by atoms with Crippen LogP contribution in [0.5, 0.6) is 0 Å². The number of pyridine rings is 1. The van der Waals surface area contributed by atoms with E-state index in [0.29, 0.717) is 46.2 Å². The molecule has 0 fully saturated rings. The number of nitrogens with zero attached hydrogens (tertiary/aromatic N) is 4. The second kappa shape index (κ2) is 8.22. The summed E-state index contributed by atoms with van der Waals surface area (Å²) < 4.78 is 3.43. The van der Waals surface area contributed by atoms with Gasteiger partial charge in [-0.25, -0.2) is 14.8 Å². The number of fused-ring (bicyclic) bond motifs is 1. The predicted molar refractivity (Wildman–Crippen MR) is 116 cm³/mol. The number of aromatic nitrogens is 5. The van der Waals surface area contributed by atoms with Gasteiger partial charge >= 0.3 is 5.69 Å². The second-order valence-electron chi connectivity index (χ2n) is 6.78. The summed E-state index contributed by atoms with van der Waals surface area (Å²) in [6.45, 7) is 2.98. The predicted octanol–water partition coefficient (Wildman–Crippen LogP) is 4.93. The Hall–Kier alpha value is -2.28. The first-order valence-electron chi connectivity index (χ1n) is 9.18. The number of imidazole rings is 2. The summed E-state index contributed by atoms with van der Waals surface area (Å²) in [6, 6.07) is 8.92. The lowest BCUT2D eigenvalue weighted by molar-refractivity contribution is 0.605. The minimum absolute atomic E-state index is 0.0848. The van der Waals surface area contributed by atoms with E-state index in [-0.39, 0.29) is 5.69 Å². The van der Waals surface area contributed by atoms with E-state index < -0.39 is 0 Å². The van der Waals surface area contributed by atoms with Gasteiger partial charge in [-0.2, -0.15) is 0 Å². The van der Waals surface area contributed by atoms with Gasteiger partial charge in [0.1, 0.15) is 11.0 Å². The Morgan fingerprint density at radius 2 is 1.93 bits per heavy atom. The van der Waals surface area contributed by atoms with E-state index in [1.165, 1.54) is 0 Å². The van der Waals surface area contributed by atoms with Crippen molar-refractivity contribution in [3.8, 4) is 0 Å². The summed E-state index contributed by atoms with van der Waals surface area (Å²) in [7, 11) is 0. The van der Waals surface area contributed by atoms with Crippen LogP contribution in [0.3, 0.4) is 0 Å². The third-order valence-electron chi connectivity index (χ3n) is 4.64. The molecule has 29 heavy (non-hydrogen) atoms. The molecule has 0 saturated carbocycles. The lowest BCUT2D eigenvalue weighted by Crippen LogP contribution is -2.25. The third-order valence-corrected chi connectivity index (χ3v) is 5.44. The lowest BCUT2D eigenvalue weighted by Gasteiger charge is -2.07. The van der Waals surface area contributed by atoms with E-state index in [9.17, 15) is 4.79 Å². The topological polar surface area (TPSA) is 68.5 Å². The van der Waals surface area contributed by atoms with Crippen LogP contribution in [0.1, 0.15) is 30.4 Å². The molecule has 0 aliphatic rings. The minimum Gasteiger partial charge on any atom is -0.339 e. The molecule has 1 aromatic carbocycles. The molecule has 150 valence electrons. The fraction of sp³-hybridized carbons (Fsp3) is 0.250. The number of halogens is 3. The van der Waals surface area contributed by atoms with Crippen molar-refractivity contribution >= 4 is 46.0 Å². The van der Waals surface area contributed by atoms with Crippen molar-refractivity contribution in [2.24, 2.45) is 0 Å². The number of aromatic amines is 1. The maximum Gasteiger partial charge on any atom is 0.328 e. The van der Waals surface area contributed by atoms with Gasteiger partial charge in [-0.1, -0.05) is 47.8 Å². The highest BCUT2D eigenvalue weighted by Crippen LogP contribution is 2.23. The first-order chi connectivity index (χ1) is 13.9. The zero-order valence-electron chi connectivity index (χ0n) is 15.6. The third kappa shape index (κ3) is 4.20. The highest BCUT2D eigenvalue weighted by Gasteiger charge is 2.15. The van der Waals surface area contributed by atoms with Gasteiger partial charge in [0.15, 0.2) is 5.65 Å². The summed E-state index contributed by atoms with van der Waals surface area (Å²) in [5.74, 6) is 0.640. The highest BCUT2D eigenvalue weighted by molar-refractivity contribution is 6.35. The molecule has 6 nitrogen and oxygen atoms in total. The summed E-state index contributed by atoms with van der Waals surface area (Å²) >= 11 is 18.3. The zero-order valence-corrected chi connectivity index (χ0v) is 17.9. The monoisotopic (exact) mass is 449 g/mol. The molecule has 0 unspecified atom stereocenters. The molecule has 4 aromatic rings. The molecule has 9 heteroatoms. The average molecular weight is 451 g/mol. The van der Waals surface area contributed by atoms with E-state index in [4.69, 9.17) is 34.8 Å². The smallest absolute Gasteiger partial charge is 0.328 e. The van der Waals surface area contributed by atoms with E-state index in [2.05, 4.69) is 15.0 Å². The van der Waals surface area contributed by atoms with Gasteiger partial charge in [0, 0.05) is 34.9 Å². The Balaban J connectivity index is 1.68. The van der Waals surface area contributed by atoms with Crippen LogP contribution in [-0.2, 0) is 19.5 Å². The quantitative estimate of drug-likeness (QED) is 0.423. The Morgan fingerprint density at radius 3 is 2.69 bits per heavy atom.